The van der Waals surface area contributed by atoms with Crippen LogP contribution in [0.1, 0.15) is 43.9 Å². The van der Waals surface area contributed by atoms with E-state index >= 15 is 0 Å². The van der Waals surface area contributed by atoms with Crippen LogP contribution in [0.4, 0.5) is 5.69 Å². The summed E-state index contributed by atoms with van der Waals surface area (Å²) in [4.78, 5) is 2.48. The summed E-state index contributed by atoms with van der Waals surface area (Å²) in [5, 5.41) is 7.48. The first kappa shape index (κ1) is 20.8. The average Bonchev–Trinajstić information content (AvgIpc) is 2.70. The smallest absolute Gasteiger partial charge is 0.171 e. The Morgan fingerprint density at radius 2 is 1.57 bits per heavy atom. The third-order valence-electron chi connectivity index (χ3n) is 5.25. The Labute approximate surface area is 174 Å². The van der Waals surface area contributed by atoms with Crippen molar-refractivity contribution in [2.45, 2.75) is 38.8 Å². The molecule has 0 bridgehead atoms. The summed E-state index contributed by atoms with van der Waals surface area (Å²) in [5.41, 5.74) is 3.64. The van der Waals surface area contributed by atoms with Crippen LogP contribution in [0.3, 0.4) is 0 Å². The quantitative estimate of drug-likeness (QED) is 0.699. The zero-order valence-electron chi connectivity index (χ0n) is 17.0. The molecule has 1 aliphatic rings. The van der Waals surface area contributed by atoms with Crippen LogP contribution in [0, 0.1) is 0 Å². The lowest BCUT2D eigenvalue weighted by atomic mass is 9.98. The number of benzene rings is 2. The van der Waals surface area contributed by atoms with Crippen molar-refractivity contribution in [2.24, 2.45) is 0 Å². The van der Waals surface area contributed by atoms with Gasteiger partial charge >= 0.3 is 0 Å². The molecule has 1 heterocycles. The molecule has 0 unspecified atom stereocenters. The Hall–Kier alpha value is -1.95. The number of hydrogen-bond donors (Lipinski definition) is 2. The molecule has 150 valence electrons. The van der Waals surface area contributed by atoms with Gasteiger partial charge in [0.1, 0.15) is 0 Å². The molecule has 1 saturated heterocycles. The molecule has 4 nitrogen and oxygen atoms in total. The second-order valence-corrected chi connectivity index (χ2v) is 8.08. The maximum atomic E-state index is 5.60. The number of thiocarbonyl (C=S) groups is 1. The minimum absolute atomic E-state index is 0.162. The second-order valence-electron chi connectivity index (χ2n) is 7.67. The molecule has 2 aromatic carbocycles. The standard InChI is InChI=1S/C23H31N3OS/c1-17(2)19-9-11-21(12-10-19)25-23(28)24-18(3)22(20-7-5-4-6-8-20)26-13-15-27-16-14-26/h4-12,17-18,22H,13-16H2,1-3H3,(H2,24,25,28)/t18-,22+/m0/s1. The zero-order valence-corrected chi connectivity index (χ0v) is 17.8. The highest BCUT2D eigenvalue weighted by Crippen LogP contribution is 2.25. The maximum absolute atomic E-state index is 5.60. The second kappa shape index (κ2) is 10.0. The summed E-state index contributed by atoms with van der Waals surface area (Å²) in [6, 6.07) is 19.5. The van der Waals surface area contributed by atoms with Crippen LogP contribution in [-0.2, 0) is 4.74 Å². The predicted octanol–water partition coefficient (Wildman–Crippen LogP) is 4.56. The van der Waals surface area contributed by atoms with Crippen molar-refractivity contribution in [3.63, 3.8) is 0 Å². The Morgan fingerprint density at radius 1 is 0.929 bits per heavy atom. The molecule has 0 aliphatic carbocycles. The molecule has 2 aromatic rings. The van der Waals surface area contributed by atoms with Gasteiger partial charge in [0.25, 0.3) is 0 Å². The highest BCUT2D eigenvalue weighted by atomic mass is 32.1. The average molecular weight is 398 g/mol. The van der Waals surface area contributed by atoms with Crippen LogP contribution in [0.2, 0.25) is 0 Å². The summed E-state index contributed by atoms with van der Waals surface area (Å²) in [6.07, 6.45) is 0. The molecule has 0 amide bonds. The molecule has 1 aliphatic heterocycles. The molecule has 0 radical (unpaired) electrons. The Bertz CT molecular complexity index is 742. The molecule has 2 atom stereocenters. The highest BCUT2D eigenvalue weighted by Gasteiger charge is 2.28. The van der Waals surface area contributed by atoms with Gasteiger partial charge in [0, 0.05) is 24.8 Å². The van der Waals surface area contributed by atoms with E-state index in [0.29, 0.717) is 11.0 Å². The maximum Gasteiger partial charge on any atom is 0.171 e. The zero-order chi connectivity index (χ0) is 19.9. The minimum atomic E-state index is 0.162. The molecule has 1 fully saturated rings. The van der Waals surface area contributed by atoms with Crippen LogP contribution < -0.4 is 10.6 Å². The predicted molar refractivity (Wildman–Crippen MR) is 121 cm³/mol. The van der Waals surface area contributed by atoms with E-state index in [0.717, 1.165) is 32.0 Å². The summed E-state index contributed by atoms with van der Waals surface area (Å²) in [5.74, 6) is 0.527. The van der Waals surface area contributed by atoms with Gasteiger partial charge in [-0.3, -0.25) is 4.90 Å². The fourth-order valence-electron chi connectivity index (χ4n) is 3.73. The fraction of sp³-hybridized carbons (Fsp3) is 0.435. The third kappa shape index (κ3) is 5.53. The van der Waals surface area contributed by atoms with Crippen molar-refractivity contribution in [1.29, 1.82) is 0 Å². The number of rotatable bonds is 6. The van der Waals surface area contributed by atoms with Gasteiger partial charge in [-0.15, -0.1) is 0 Å². The molecule has 5 heteroatoms. The minimum Gasteiger partial charge on any atom is -0.379 e. The summed E-state index contributed by atoms with van der Waals surface area (Å²) in [7, 11) is 0. The number of nitrogens with one attached hydrogen (secondary N) is 2. The Morgan fingerprint density at radius 3 is 2.18 bits per heavy atom. The van der Waals surface area contributed by atoms with E-state index in [4.69, 9.17) is 17.0 Å². The van der Waals surface area contributed by atoms with Crippen molar-refractivity contribution in [2.75, 3.05) is 31.6 Å². The number of hydrogen-bond acceptors (Lipinski definition) is 3. The molecule has 0 spiro atoms. The van der Waals surface area contributed by atoms with Crippen LogP contribution in [0.5, 0.6) is 0 Å². The summed E-state index contributed by atoms with van der Waals surface area (Å²) in [6.45, 7) is 10.0. The first-order valence-corrected chi connectivity index (χ1v) is 10.5. The van der Waals surface area contributed by atoms with Gasteiger partial charge in [-0.25, -0.2) is 0 Å². The van der Waals surface area contributed by atoms with Crippen molar-refractivity contribution in [3.05, 3.63) is 65.7 Å². The lowest BCUT2D eigenvalue weighted by Gasteiger charge is -2.38. The van der Waals surface area contributed by atoms with Crippen LogP contribution >= 0.6 is 12.2 Å². The molecule has 2 N–H and O–H groups in total. The largest absolute Gasteiger partial charge is 0.379 e. The molecule has 0 saturated carbocycles. The fourth-order valence-corrected chi connectivity index (χ4v) is 4.03. The molecule has 28 heavy (non-hydrogen) atoms. The molecular formula is C23H31N3OS. The lowest BCUT2D eigenvalue weighted by Crippen LogP contribution is -2.49. The lowest BCUT2D eigenvalue weighted by molar-refractivity contribution is 0.0102. The highest BCUT2D eigenvalue weighted by molar-refractivity contribution is 7.80. The summed E-state index contributed by atoms with van der Waals surface area (Å²) >= 11 is 5.60. The van der Waals surface area contributed by atoms with Crippen LogP contribution in [-0.4, -0.2) is 42.4 Å². The van der Waals surface area contributed by atoms with Gasteiger partial charge in [-0.1, -0.05) is 56.3 Å². The SMILES string of the molecule is CC(C)c1ccc(NC(=S)N[C@@H](C)[C@H](c2ccccc2)N2CCOCC2)cc1. The number of nitrogens with zero attached hydrogens (tertiary/aromatic N) is 1. The normalized spacial score (nSPS) is 17.1. The van der Waals surface area contributed by atoms with E-state index in [1.165, 1.54) is 11.1 Å². The Kier molecular flexibility index (Phi) is 7.43. The number of ether oxygens (including phenoxy) is 1. The van der Waals surface area contributed by atoms with Gasteiger partial charge < -0.3 is 15.4 Å². The monoisotopic (exact) mass is 397 g/mol. The van der Waals surface area contributed by atoms with Crippen molar-refractivity contribution < 1.29 is 4.74 Å². The van der Waals surface area contributed by atoms with Gasteiger partial charge in [-0.05, 0) is 48.3 Å². The van der Waals surface area contributed by atoms with Crippen LogP contribution in [0.25, 0.3) is 0 Å². The van der Waals surface area contributed by atoms with Gasteiger partial charge in [0.05, 0.1) is 19.3 Å². The topological polar surface area (TPSA) is 36.5 Å². The van der Waals surface area contributed by atoms with E-state index in [9.17, 15) is 0 Å². The third-order valence-corrected chi connectivity index (χ3v) is 5.47. The van der Waals surface area contributed by atoms with Crippen molar-refractivity contribution >= 4 is 23.0 Å². The first-order valence-electron chi connectivity index (χ1n) is 10.1. The van der Waals surface area contributed by atoms with Crippen LogP contribution in [0.15, 0.2) is 54.6 Å². The van der Waals surface area contributed by atoms with Gasteiger partial charge in [0.15, 0.2) is 5.11 Å². The number of anilines is 1. The van der Waals surface area contributed by atoms with Gasteiger partial charge in [0.2, 0.25) is 0 Å². The van der Waals surface area contributed by atoms with E-state index < -0.39 is 0 Å². The number of morpholine rings is 1. The summed E-state index contributed by atoms with van der Waals surface area (Å²) < 4.78 is 5.55. The van der Waals surface area contributed by atoms with Gasteiger partial charge in [-0.2, -0.15) is 0 Å². The van der Waals surface area contributed by atoms with E-state index in [2.05, 4.69) is 90.9 Å². The van der Waals surface area contributed by atoms with Crippen molar-refractivity contribution in [3.8, 4) is 0 Å². The van der Waals surface area contributed by atoms with Crippen molar-refractivity contribution in [1.82, 2.24) is 10.2 Å². The van der Waals surface area contributed by atoms with E-state index in [-0.39, 0.29) is 12.1 Å². The van der Waals surface area contributed by atoms with E-state index in [1.807, 2.05) is 0 Å². The Balaban J connectivity index is 1.66. The molecule has 3 rings (SSSR count). The first-order chi connectivity index (χ1) is 13.5. The van der Waals surface area contributed by atoms with E-state index in [1.54, 1.807) is 0 Å². The molecule has 0 aromatic heterocycles. The molecular weight excluding hydrogens is 366 g/mol.